The van der Waals surface area contributed by atoms with Gasteiger partial charge in [-0.1, -0.05) is 19.9 Å². The number of carbonyl (C=O) groups is 3. The normalized spacial score (nSPS) is 33.6. The predicted molar refractivity (Wildman–Crippen MR) is 95.2 cm³/mol. The molecular weight excluding hydrogens is 354 g/mol. The van der Waals surface area contributed by atoms with Crippen LogP contribution in [0.4, 0.5) is 0 Å². The van der Waals surface area contributed by atoms with Gasteiger partial charge in [0.15, 0.2) is 6.04 Å². The van der Waals surface area contributed by atoms with Crippen molar-refractivity contribution in [3.8, 4) is 0 Å². The van der Waals surface area contributed by atoms with E-state index in [1.807, 2.05) is 6.92 Å². The zero-order valence-corrected chi connectivity index (χ0v) is 15.9. The molecule has 0 radical (unpaired) electrons. The van der Waals surface area contributed by atoms with Crippen molar-refractivity contribution in [1.82, 2.24) is 5.32 Å². The van der Waals surface area contributed by atoms with Crippen molar-refractivity contribution in [2.75, 3.05) is 19.8 Å². The number of ether oxygens (including phenoxy) is 3. The fourth-order valence-corrected chi connectivity index (χ4v) is 3.28. The van der Waals surface area contributed by atoms with E-state index >= 15 is 0 Å². The molecule has 5 atom stereocenters. The van der Waals surface area contributed by atoms with Gasteiger partial charge in [-0.2, -0.15) is 0 Å². The van der Waals surface area contributed by atoms with Crippen molar-refractivity contribution in [2.45, 2.75) is 51.7 Å². The van der Waals surface area contributed by atoms with Gasteiger partial charge in [0.25, 0.3) is 0 Å². The summed E-state index contributed by atoms with van der Waals surface area (Å²) in [6.07, 6.45) is 2.05. The van der Waals surface area contributed by atoms with Gasteiger partial charge < -0.3 is 24.6 Å². The van der Waals surface area contributed by atoms with Crippen LogP contribution in [-0.4, -0.2) is 55.0 Å². The first-order chi connectivity index (χ1) is 12.8. The van der Waals surface area contributed by atoms with Crippen LogP contribution in [0.1, 0.15) is 39.5 Å². The summed E-state index contributed by atoms with van der Waals surface area (Å²) >= 11 is 0. The van der Waals surface area contributed by atoms with Crippen LogP contribution in [0.25, 0.3) is 0 Å². The van der Waals surface area contributed by atoms with Crippen LogP contribution in [0.5, 0.6) is 0 Å². The number of aliphatic hydroxyl groups is 1. The fraction of sp³-hybridized carbons (Fsp3) is 0.737. The van der Waals surface area contributed by atoms with Crippen LogP contribution >= 0.6 is 0 Å². The van der Waals surface area contributed by atoms with Crippen molar-refractivity contribution in [3.63, 3.8) is 0 Å². The van der Waals surface area contributed by atoms with Crippen molar-refractivity contribution >= 4 is 17.9 Å². The lowest BCUT2D eigenvalue weighted by Crippen LogP contribution is -2.46. The molecule has 2 N–H and O–H groups in total. The van der Waals surface area contributed by atoms with Gasteiger partial charge in [0.2, 0.25) is 0 Å². The Balaban J connectivity index is 2.04. The molecule has 152 valence electrons. The Labute approximate surface area is 159 Å². The van der Waals surface area contributed by atoms with Crippen LogP contribution in [-0.2, 0) is 28.6 Å². The lowest BCUT2D eigenvalue weighted by molar-refractivity contribution is -0.160. The molecule has 0 aromatic rings. The van der Waals surface area contributed by atoms with Crippen molar-refractivity contribution in [1.29, 1.82) is 0 Å². The van der Waals surface area contributed by atoms with Crippen LogP contribution in [0.15, 0.2) is 12.3 Å². The van der Waals surface area contributed by atoms with Gasteiger partial charge in [-0.3, -0.25) is 9.59 Å². The minimum absolute atomic E-state index is 0.0765. The number of rotatable bonds is 3. The highest BCUT2D eigenvalue weighted by atomic mass is 16.6. The quantitative estimate of drug-likeness (QED) is 0.547. The van der Waals surface area contributed by atoms with Crippen molar-refractivity contribution in [2.24, 2.45) is 17.8 Å². The van der Waals surface area contributed by atoms with Crippen molar-refractivity contribution < 1.29 is 33.7 Å². The van der Waals surface area contributed by atoms with Crippen LogP contribution in [0, 0.1) is 17.8 Å². The largest absolute Gasteiger partial charge is 0.465 e. The maximum absolute atomic E-state index is 12.4. The molecule has 0 aromatic heterocycles. The van der Waals surface area contributed by atoms with Crippen LogP contribution in [0.3, 0.4) is 0 Å². The number of nitrogens with one attached hydrogen (secondary N) is 1. The molecule has 0 spiro atoms. The lowest BCUT2D eigenvalue weighted by atomic mass is 9.78. The van der Waals surface area contributed by atoms with Gasteiger partial charge in [0.05, 0.1) is 18.4 Å². The maximum Gasteiger partial charge on any atom is 0.332 e. The summed E-state index contributed by atoms with van der Waals surface area (Å²) in [5.74, 6) is -2.43. The number of esters is 3. The molecule has 27 heavy (non-hydrogen) atoms. The topological polar surface area (TPSA) is 111 Å². The maximum atomic E-state index is 12.4. The summed E-state index contributed by atoms with van der Waals surface area (Å²) in [6.45, 7) is 7.11. The Bertz CT molecular complexity index is 576. The van der Waals surface area contributed by atoms with E-state index in [1.54, 1.807) is 6.92 Å². The number of cyclic esters (lactones) is 3. The van der Waals surface area contributed by atoms with E-state index in [2.05, 4.69) is 11.9 Å². The molecule has 1 saturated heterocycles. The Morgan fingerprint density at radius 1 is 1.07 bits per heavy atom. The Morgan fingerprint density at radius 3 is 2.56 bits per heavy atom. The van der Waals surface area contributed by atoms with E-state index in [0.29, 0.717) is 5.70 Å². The molecular formula is C19H29NO7. The Morgan fingerprint density at radius 2 is 1.81 bits per heavy atom. The first-order valence-corrected chi connectivity index (χ1v) is 9.42. The second-order valence-corrected chi connectivity index (χ2v) is 7.36. The van der Waals surface area contributed by atoms with E-state index in [4.69, 9.17) is 14.2 Å². The van der Waals surface area contributed by atoms with Gasteiger partial charge in [-0.15, -0.1) is 0 Å². The second kappa shape index (κ2) is 9.73. The lowest BCUT2D eigenvalue weighted by Gasteiger charge is -2.35. The fourth-order valence-electron chi connectivity index (χ4n) is 3.28. The van der Waals surface area contributed by atoms with Crippen molar-refractivity contribution in [3.05, 3.63) is 12.3 Å². The third-order valence-corrected chi connectivity index (χ3v) is 5.10. The molecule has 2 fully saturated rings. The van der Waals surface area contributed by atoms with Crippen LogP contribution < -0.4 is 5.32 Å². The average Bonchev–Trinajstić information content (AvgIpc) is 2.63. The zero-order valence-electron chi connectivity index (χ0n) is 15.9. The minimum Gasteiger partial charge on any atom is -0.465 e. The molecule has 0 aromatic carbocycles. The Kier molecular flexibility index (Phi) is 7.65. The number of hydrogen-bond donors (Lipinski definition) is 2. The summed E-state index contributed by atoms with van der Waals surface area (Å²) in [5, 5.41) is 13.4. The molecule has 1 saturated carbocycles. The van der Waals surface area contributed by atoms with E-state index in [1.165, 1.54) is 0 Å². The third-order valence-electron chi connectivity index (χ3n) is 5.10. The summed E-state index contributed by atoms with van der Waals surface area (Å²) in [6, 6.07) is -0.950. The van der Waals surface area contributed by atoms with E-state index in [-0.39, 0.29) is 38.1 Å². The summed E-state index contributed by atoms with van der Waals surface area (Å²) in [7, 11) is 0. The SMILES string of the molecule is C=C(N[C@H]1COC(=O)CCOC(=O)[C@@H](C)COC1=O)C1CCCC(C)C1O. The van der Waals surface area contributed by atoms with Gasteiger partial charge in [-0.25, -0.2) is 4.79 Å². The van der Waals surface area contributed by atoms with E-state index in [0.717, 1.165) is 19.3 Å². The first-order valence-electron chi connectivity index (χ1n) is 9.42. The second-order valence-electron chi connectivity index (χ2n) is 7.36. The smallest absolute Gasteiger partial charge is 0.332 e. The molecule has 3 unspecified atom stereocenters. The number of carbonyl (C=O) groups excluding carboxylic acids is 3. The number of aliphatic hydroxyl groups excluding tert-OH is 1. The monoisotopic (exact) mass is 383 g/mol. The average molecular weight is 383 g/mol. The highest BCUT2D eigenvalue weighted by molar-refractivity contribution is 5.78. The molecule has 8 heteroatoms. The predicted octanol–water partition coefficient (Wildman–Crippen LogP) is 0.925. The standard InChI is InChI=1S/C19H29NO7/c1-11-5-4-6-14(17(11)22)13(3)20-15-10-26-16(21)7-8-25-18(23)12(2)9-27-19(15)24/h11-12,14-15,17,20,22H,3-10H2,1-2H3/t11?,12-,14?,15-,17?/m0/s1. The molecule has 2 rings (SSSR count). The first kappa shape index (κ1) is 21.2. The molecule has 0 bridgehead atoms. The van der Waals surface area contributed by atoms with Gasteiger partial charge in [0, 0.05) is 11.6 Å². The highest BCUT2D eigenvalue weighted by Crippen LogP contribution is 2.32. The molecule has 2 aliphatic rings. The summed E-state index contributed by atoms with van der Waals surface area (Å²) in [4.78, 5) is 35.9. The highest BCUT2D eigenvalue weighted by Gasteiger charge is 2.33. The van der Waals surface area contributed by atoms with Gasteiger partial charge in [0.1, 0.15) is 19.8 Å². The molecule has 1 aliphatic heterocycles. The summed E-state index contributed by atoms with van der Waals surface area (Å²) < 4.78 is 15.2. The minimum atomic E-state index is -0.950. The molecule has 1 aliphatic carbocycles. The van der Waals surface area contributed by atoms with E-state index in [9.17, 15) is 19.5 Å². The molecule has 0 amide bonds. The molecule has 1 heterocycles. The third kappa shape index (κ3) is 5.95. The van der Waals surface area contributed by atoms with Crippen LogP contribution in [0.2, 0.25) is 0 Å². The van der Waals surface area contributed by atoms with Gasteiger partial charge in [-0.05, 0) is 25.7 Å². The van der Waals surface area contributed by atoms with Gasteiger partial charge >= 0.3 is 17.9 Å². The Hall–Kier alpha value is -2.09. The zero-order chi connectivity index (χ0) is 20.0. The summed E-state index contributed by atoms with van der Waals surface area (Å²) in [5.41, 5.74) is 0.520. The number of hydrogen-bond acceptors (Lipinski definition) is 8. The van der Waals surface area contributed by atoms with E-state index < -0.39 is 36.0 Å². The molecule has 8 nitrogen and oxygen atoms in total.